The number of phenolic OH excluding ortho intramolecular Hbond substituents is 1. The SMILES string of the molecule is CC1(C)CCCN1c1nc(-c2c(O)cccc2F)c(Cl)c2c1CN1CCNC[C@@H]1CO2. The second kappa shape index (κ2) is 7.80. The summed E-state index contributed by atoms with van der Waals surface area (Å²) in [5.74, 6) is 0.590. The Labute approximate surface area is 187 Å². The fraction of sp³-hybridized carbons (Fsp3) is 0.522. The van der Waals surface area contributed by atoms with Crippen LogP contribution in [0.5, 0.6) is 11.5 Å². The van der Waals surface area contributed by atoms with Crippen LogP contribution in [-0.4, -0.2) is 59.4 Å². The zero-order valence-electron chi connectivity index (χ0n) is 17.9. The highest BCUT2D eigenvalue weighted by Crippen LogP contribution is 2.47. The molecule has 0 saturated carbocycles. The van der Waals surface area contributed by atoms with E-state index >= 15 is 0 Å². The van der Waals surface area contributed by atoms with Crippen molar-refractivity contribution in [2.75, 3.05) is 37.7 Å². The van der Waals surface area contributed by atoms with Crippen LogP contribution < -0.4 is 15.0 Å². The Morgan fingerprint density at radius 3 is 2.90 bits per heavy atom. The van der Waals surface area contributed by atoms with E-state index in [-0.39, 0.29) is 33.6 Å². The zero-order chi connectivity index (χ0) is 21.8. The second-order valence-electron chi connectivity index (χ2n) is 9.25. The van der Waals surface area contributed by atoms with Gasteiger partial charge in [0.25, 0.3) is 0 Å². The molecule has 31 heavy (non-hydrogen) atoms. The minimum Gasteiger partial charge on any atom is -0.507 e. The number of hydrogen-bond donors (Lipinski definition) is 2. The third-order valence-corrected chi connectivity index (χ3v) is 7.16. The van der Waals surface area contributed by atoms with E-state index in [4.69, 9.17) is 21.3 Å². The molecule has 166 valence electrons. The van der Waals surface area contributed by atoms with Crippen molar-refractivity contribution >= 4 is 17.4 Å². The summed E-state index contributed by atoms with van der Waals surface area (Å²) in [5, 5.41) is 14.1. The molecule has 1 aromatic heterocycles. The van der Waals surface area contributed by atoms with E-state index in [0.717, 1.165) is 50.4 Å². The predicted molar refractivity (Wildman–Crippen MR) is 120 cm³/mol. The number of benzene rings is 1. The molecule has 2 aromatic rings. The predicted octanol–water partition coefficient (Wildman–Crippen LogP) is 3.79. The van der Waals surface area contributed by atoms with Gasteiger partial charge in [-0.15, -0.1) is 0 Å². The van der Waals surface area contributed by atoms with E-state index in [1.165, 1.54) is 18.2 Å². The molecule has 4 heterocycles. The monoisotopic (exact) mass is 446 g/mol. The summed E-state index contributed by atoms with van der Waals surface area (Å²) in [6.07, 6.45) is 2.10. The Balaban J connectivity index is 1.73. The lowest BCUT2D eigenvalue weighted by atomic mass is 10.0. The van der Waals surface area contributed by atoms with Crippen LogP contribution in [0.1, 0.15) is 32.3 Å². The molecule has 8 heteroatoms. The molecular weight excluding hydrogens is 419 g/mol. The van der Waals surface area contributed by atoms with Crippen LogP contribution in [0.15, 0.2) is 18.2 Å². The second-order valence-corrected chi connectivity index (χ2v) is 9.62. The number of ether oxygens (including phenoxy) is 1. The Morgan fingerprint density at radius 2 is 2.16 bits per heavy atom. The van der Waals surface area contributed by atoms with E-state index in [9.17, 15) is 9.50 Å². The first-order valence-corrected chi connectivity index (χ1v) is 11.3. The van der Waals surface area contributed by atoms with E-state index in [2.05, 4.69) is 29.0 Å². The minimum atomic E-state index is -0.559. The molecule has 1 atom stereocenters. The van der Waals surface area contributed by atoms with Gasteiger partial charge in [-0.25, -0.2) is 9.37 Å². The summed E-state index contributed by atoms with van der Waals surface area (Å²) in [4.78, 5) is 9.60. The smallest absolute Gasteiger partial charge is 0.148 e. The van der Waals surface area contributed by atoms with Crippen LogP contribution in [0, 0.1) is 5.82 Å². The number of aromatic nitrogens is 1. The minimum absolute atomic E-state index is 0.0146. The molecule has 6 nitrogen and oxygen atoms in total. The molecule has 0 amide bonds. The lowest BCUT2D eigenvalue weighted by Gasteiger charge is -2.36. The average molecular weight is 447 g/mol. The van der Waals surface area contributed by atoms with E-state index in [1.54, 1.807) is 0 Å². The van der Waals surface area contributed by atoms with Crippen LogP contribution in [0.25, 0.3) is 11.3 Å². The normalized spacial score (nSPS) is 23.1. The lowest BCUT2D eigenvalue weighted by molar-refractivity contribution is 0.120. The molecule has 0 bridgehead atoms. The van der Waals surface area contributed by atoms with Gasteiger partial charge in [0.05, 0.1) is 17.2 Å². The molecule has 0 aliphatic carbocycles. The number of hydrogen-bond acceptors (Lipinski definition) is 6. The molecule has 3 aliphatic rings. The van der Waals surface area contributed by atoms with Gasteiger partial charge in [0.15, 0.2) is 0 Å². The van der Waals surface area contributed by atoms with Gasteiger partial charge in [-0.2, -0.15) is 0 Å². The summed E-state index contributed by atoms with van der Waals surface area (Å²) in [6, 6.07) is 4.47. The first kappa shape index (κ1) is 20.8. The summed E-state index contributed by atoms with van der Waals surface area (Å²) in [5.41, 5.74) is 1.11. The highest BCUT2D eigenvalue weighted by atomic mass is 35.5. The van der Waals surface area contributed by atoms with Crippen LogP contribution in [0.3, 0.4) is 0 Å². The molecular formula is C23H28ClFN4O2. The Morgan fingerprint density at radius 1 is 1.32 bits per heavy atom. The molecule has 1 aromatic carbocycles. The standard InChI is InChI=1S/C23H28ClFN4O2/c1-23(2)7-4-9-29(23)22-15-12-28-10-8-26-11-14(28)13-31-21(15)19(24)20(27-22)18-16(25)5-3-6-17(18)30/h3,5-6,14,26,30H,4,7-13H2,1-2H3/t14-/m1/s1. The van der Waals surface area contributed by atoms with E-state index in [0.29, 0.717) is 18.9 Å². The van der Waals surface area contributed by atoms with Crippen molar-refractivity contribution < 1.29 is 14.2 Å². The van der Waals surface area contributed by atoms with Gasteiger partial charge >= 0.3 is 0 Å². The number of fused-ring (bicyclic) bond motifs is 2. The number of aromatic hydroxyl groups is 1. The Hall–Kier alpha value is -2.09. The van der Waals surface area contributed by atoms with E-state index in [1.807, 2.05) is 0 Å². The van der Waals surface area contributed by atoms with Crippen molar-refractivity contribution in [1.82, 2.24) is 15.2 Å². The maximum atomic E-state index is 14.8. The van der Waals surface area contributed by atoms with Crippen molar-refractivity contribution in [1.29, 1.82) is 0 Å². The van der Waals surface area contributed by atoms with E-state index < -0.39 is 5.82 Å². The quantitative estimate of drug-likeness (QED) is 0.731. The van der Waals surface area contributed by atoms with Crippen LogP contribution >= 0.6 is 11.6 Å². The van der Waals surface area contributed by atoms with Crippen LogP contribution in [0.2, 0.25) is 5.02 Å². The molecule has 0 radical (unpaired) electrons. The number of nitrogens with zero attached hydrogens (tertiary/aromatic N) is 3. The number of nitrogens with one attached hydrogen (secondary N) is 1. The number of piperazine rings is 1. The van der Waals surface area contributed by atoms with Crippen molar-refractivity contribution in [3.05, 3.63) is 34.6 Å². The van der Waals surface area contributed by atoms with Crippen molar-refractivity contribution in [2.24, 2.45) is 0 Å². The lowest BCUT2D eigenvalue weighted by Crippen LogP contribution is -2.52. The largest absolute Gasteiger partial charge is 0.507 e. The van der Waals surface area contributed by atoms with Gasteiger partial charge in [0.2, 0.25) is 0 Å². The fourth-order valence-electron chi connectivity index (χ4n) is 5.05. The molecule has 2 N–H and O–H groups in total. The van der Waals surface area contributed by atoms with Crippen molar-refractivity contribution in [3.8, 4) is 22.8 Å². The fourth-order valence-corrected chi connectivity index (χ4v) is 5.36. The van der Waals surface area contributed by atoms with Gasteiger partial charge in [-0.3, -0.25) is 4.90 Å². The van der Waals surface area contributed by atoms with Crippen molar-refractivity contribution in [2.45, 2.75) is 44.8 Å². The Bertz CT molecular complexity index is 995. The van der Waals surface area contributed by atoms with Gasteiger partial charge in [-0.05, 0) is 38.8 Å². The highest BCUT2D eigenvalue weighted by molar-refractivity contribution is 6.35. The summed E-state index contributed by atoms with van der Waals surface area (Å²) in [6.45, 7) is 9.14. The molecule has 2 fully saturated rings. The maximum Gasteiger partial charge on any atom is 0.148 e. The number of pyridine rings is 1. The zero-order valence-corrected chi connectivity index (χ0v) is 18.7. The molecule has 5 rings (SSSR count). The average Bonchev–Trinajstić information content (AvgIpc) is 2.96. The van der Waals surface area contributed by atoms with Gasteiger partial charge in [-0.1, -0.05) is 17.7 Å². The van der Waals surface area contributed by atoms with Gasteiger partial charge in [0, 0.05) is 38.3 Å². The summed E-state index contributed by atoms with van der Waals surface area (Å²) >= 11 is 6.81. The molecule has 0 spiro atoms. The third-order valence-electron chi connectivity index (χ3n) is 6.81. The van der Waals surface area contributed by atoms with Crippen LogP contribution in [0.4, 0.5) is 10.2 Å². The number of phenols is 1. The number of anilines is 1. The van der Waals surface area contributed by atoms with Gasteiger partial charge in [0.1, 0.15) is 40.5 Å². The molecule has 0 unspecified atom stereocenters. The first-order valence-electron chi connectivity index (χ1n) is 10.9. The topological polar surface area (TPSA) is 60.9 Å². The van der Waals surface area contributed by atoms with Crippen LogP contribution in [-0.2, 0) is 6.54 Å². The molecule has 2 saturated heterocycles. The first-order chi connectivity index (χ1) is 14.9. The summed E-state index contributed by atoms with van der Waals surface area (Å²) < 4.78 is 21.1. The Kier molecular flexibility index (Phi) is 5.23. The highest BCUT2D eigenvalue weighted by Gasteiger charge is 2.39. The number of halogens is 2. The van der Waals surface area contributed by atoms with Gasteiger partial charge < -0.3 is 20.1 Å². The van der Waals surface area contributed by atoms with Crippen molar-refractivity contribution in [3.63, 3.8) is 0 Å². The molecule has 3 aliphatic heterocycles. The maximum absolute atomic E-state index is 14.8. The third kappa shape index (κ3) is 3.52. The summed E-state index contributed by atoms with van der Waals surface area (Å²) in [7, 11) is 0. The number of rotatable bonds is 2.